The zero-order chi connectivity index (χ0) is 9.26. The summed E-state index contributed by atoms with van der Waals surface area (Å²) in [5.74, 6) is 0.602. The van der Waals surface area contributed by atoms with Crippen LogP contribution in [0, 0.1) is 0 Å². The summed E-state index contributed by atoms with van der Waals surface area (Å²) >= 11 is 0. The van der Waals surface area contributed by atoms with Crippen LogP contribution >= 0.6 is 0 Å². The molecule has 2 rings (SSSR count). The van der Waals surface area contributed by atoms with Crippen molar-refractivity contribution in [3.63, 3.8) is 0 Å². The molecule has 1 aromatic heterocycles. The average molecular weight is 177 g/mol. The van der Waals surface area contributed by atoms with Crippen LogP contribution in [0.4, 0.5) is 0 Å². The highest BCUT2D eigenvalue weighted by atomic mass is 16.4. The topological polar surface area (TPSA) is 53.4 Å². The quantitative estimate of drug-likeness (QED) is 0.626. The van der Waals surface area contributed by atoms with Gasteiger partial charge in [-0.1, -0.05) is 12.5 Å². The highest BCUT2D eigenvalue weighted by Crippen LogP contribution is 2.34. The Kier molecular flexibility index (Phi) is 2.33. The third kappa shape index (κ3) is 1.74. The van der Waals surface area contributed by atoms with Crippen LogP contribution in [-0.2, 0) is 0 Å². The maximum absolute atomic E-state index is 8.84. The van der Waals surface area contributed by atoms with Gasteiger partial charge in [0.15, 0.2) is 0 Å². The summed E-state index contributed by atoms with van der Waals surface area (Å²) < 4.78 is 0. The predicted molar refractivity (Wildman–Crippen MR) is 50.7 cm³/mol. The monoisotopic (exact) mass is 177 g/mol. The van der Waals surface area contributed by atoms with Crippen molar-refractivity contribution in [2.75, 3.05) is 0 Å². The molecule has 0 bridgehead atoms. The lowest BCUT2D eigenvalue weighted by Gasteiger charge is -2.24. The summed E-state index contributed by atoms with van der Waals surface area (Å²) in [6, 6.07) is 3.62. The van der Waals surface area contributed by atoms with Crippen LogP contribution in [-0.4, -0.2) is 22.2 Å². The van der Waals surface area contributed by atoms with Gasteiger partial charge < -0.3 is 10.0 Å². The normalized spacial score (nSPS) is 16.8. The first-order valence-corrected chi connectivity index (χ1v) is 4.59. The second-order valence-electron chi connectivity index (χ2n) is 3.52. The van der Waals surface area contributed by atoms with E-state index in [4.69, 9.17) is 10.0 Å². The van der Waals surface area contributed by atoms with E-state index < -0.39 is 7.12 Å². The Morgan fingerprint density at radius 3 is 2.46 bits per heavy atom. The third-order valence-electron chi connectivity index (χ3n) is 2.63. The van der Waals surface area contributed by atoms with Gasteiger partial charge in [-0.3, -0.25) is 4.98 Å². The second-order valence-corrected chi connectivity index (χ2v) is 3.52. The van der Waals surface area contributed by atoms with Gasteiger partial charge in [-0.25, -0.2) is 0 Å². The summed E-state index contributed by atoms with van der Waals surface area (Å²) in [4.78, 5) is 4.20. The summed E-state index contributed by atoms with van der Waals surface area (Å²) in [5, 5.41) is 17.7. The largest absolute Gasteiger partial charge is 0.490 e. The first kappa shape index (κ1) is 8.72. The van der Waals surface area contributed by atoms with Crippen molar-refractivity contribution in [2.45, 2.75) is 25.2 Å². The molecular formula is C9H12BNO2. The molecule has 0 aromatic carbocycles. The minimum Gasteiger partial charge on any atom is -0.423 e. The van der Waals surface area contributed by atoms with E-state index >= 15 is 0 Å². The van der Waals surface area contributed by atoms with Gasteiger partial charge >= 0.3 is 7.12 Å². The van der Waals surface area contributed by atoms with Crippen molar-refractivity contribution >= 4 is 12.6 Å². The number of nitrogens with zero attached hydrogens (tertiary/aromatic N) is 1. The van der Waals surface area contributed by atoms with Gasteiger partial charge in [0.1, 0.15) is 0 Å². The first-order chi connectivity index (χ1) is 6.27. The van der Waals surface area contributed by atoms with Crippen molar-refractivity contribution < 1.29 is 10.0 Å². The number of hydrogen-bond donors (Lipinski definition) is 2. The van der Waals surface area contributed by atoms with Crippen LogP contribution in [0.5, 0.6) is 0 Å². The molecule has 4 heteroatoms. The van der Waals surface area contributed by atoms with Gasteiger partial charge in [0.2, 0.25) is 0 Å². The number of hydrogen-bond acceptors (Lipinski definition) is 3. The van der Waals surface area contributed by atoms with E-state index in [1.807, 2.05) is 6.07 Å². The Bertz CT molecular complexity index is 282. The van der Waals surface area contributed by atoms with Gasteiger partial charge in [-0.15, -0.1) is 0 Å². The standard InChI is InChI=1S/C9H12BNO2/c12-10(13)8-4-5-9(11-6-8)7-2-1-3-7/h4-7,12-13H,1-3H2. The zero-order valence-corrected chi connectivity index (χ0v) is 7.35. The number of pyridine rings is 1. The fraction of sp³-hybridized carbons (Fsp3) is 0.444. The van der Waals surface area contributed by atoms with Crippen molar-refractivity contribution in [3.8, 4) is 0 Å². The average Bonchev–Trinajstić information content (AvgIpc) is 2.02. The molecule has 68 valence electrons. The van der Waals surface area contributed by atoms with E-state index in [1.165, 1.54) is 19.3 Å². The SMILES string of the molecule is OB(O)c1ccc(C2CCC2)nc1. The highest BCUT2D eigenvalue weighted by molar-refractivity contribution is 6.58. The van der Waals surface area contributed by atoms with E-state index in [2.05, 4.69) is 4.98 Å². The summed E-state index contributed by atoms with van der Waals surface area (Å²) in [6.45, 7) is 0. The molecule has 0 saturated heterocycles. The summed E-state index contributed by atoms with van der Waals surface area (Å²) in [7, 11) is -1.40. The van der Waals surface area contributed by atoms with Gasteiger partial charge in [0.05, 0.1) is 0 Å². The van der Waals surface area contributed by atoms with Crippen LogP contribution in [0.3, 0.4) is 0 Å². The van der Waals surface area contributed by atoms with Crippen molar-refractivity contribution in [3.05, 3.63) is 24.0 Å². The fourth-order valence-electron chi connectivity index (χ4n) is 1.51. The summed E-state index contributed by atoms with van der Waals surface area (Å²) in [6.07, 6.45) is 5.26. The molecule has 0 spiro atoms. The lowest BCUT2D eigenvalue weighted by molar-refractivity contribution is 0.410. The van der Waals surface area contributed by atoms with Gasteiger partial charge in [0, 0.05) is 23.3 Å². The molecule has 0 aliphatic heterocycles. The van der Waals surface area contributed by atoms with Gasteiger partial charge in [0.25, 0.3) is 0 Å². The maximum atomic E-state index is 8.84. The third-order valence-corrected chi connectivity index (χ3v) is 2.63. The molecule has 3 nitrogen and oxygen atoms in total. The van der Waals surface area contributed by atoms with Gasteiger partial charge in [-0.05, 0) is 18.9 Å². The molecule has 0 radical (unpaired) electrons. The first-order valence-electron chi connectivity index (χ1n) is 4.59. The van der Waals surface area contributed by atoms with E-state index in [-0.39, 0.29) is 0 Å². The van der Waals surface area contributed by atoms with Gasteiger partial charge in [-0.2, -0.15) is 0 Å². The number of rotatable bonds is 2. The Labute approximate surface area is 77.6 Å². The van der Waals surface area contributed by atoms with Crippen LogP contribution in [0.25, 0.3) is 0 Å². The minimum atomic E-state index is -1.40. The van der Waals surface area contributed by atoms with Crippen LogP contribution in [0.15, 0.2) is 18.3 Å². The molecular weight excluding hydrogens is 165 g/mol. The fourth-order valence-corrected chi connectivity index (χ4v) is 1.51. The smallest absolute Gasteiger partial charge is 0.423 e. The predicted octanol–water partition coefficient (Wildman–Crippen LogP) is 0.0289. The lowest BCUT2D eigenvalue weighted by atomic mass is 9.79. The lowest BCUT2D eigenvalue weighted by Crippen LogP contribution is -2.30. The van der Waals surface area contributed by atoms with E-state index in [9.17, 15) is 0 Å². The Morgan fingerprint density at radius 1 is 1.31 bits per heavy atom. The minimum absolute atomic E-state index is 0.461. The zero-order valence-electron chi connectivity index (χ0n) is 7.35. The molecule has 1 aliphatic carbocycles. The van der Waals surface area contributed by atoms with Crippen molar-refractivity contribution in [1.82, 2.24) is 4.98 Å². The van der Waals surface area contributed by atoms with Crippen molar-refractivity contribution in [1.29, 1.82) is 0 Å². The molecule has 0 amide bonds. The molecule has 1 saturated carbocycles. The maximum Gasteiger partial charge on any atom is 0.490 e. The molecule has 1 fully saturated rings. The molecule has 0 unspecified atom stereocenters. The highest BCUT2D eigenvalue weighted by Gasteiger charge is 2.21. The van der Waals surface area contributed by atoms with Crippen LogP contribution in [0.1, 0.15) is 30.9 Å². The van der Waals surface area contributed by atoms with Crippen LogP contribution in [0.2, 0.25) is 0 Å². The molecule has 1 aromatic rings. The Hall–Kier alpha value is -0.865. The summed E-state index contributed by atoms with van der Waals surface area (Å²) in [5.41, 5.74) is 1.54. The Balaban J connectivity index is 2.13. The molecule has 1 heterocycles. The second kappa shape index (κ2) is 3.48. The molecule has 0 atom stereocenters. The molecule has 13 heavy (non-hydrogen) atoms. The Morgan fingerprint density at radius 2 is 2.08 bits per heavy atom. The molecule has 1 aliphatic rings. The van der Waals surface area contributed by atoms with E-state index in [0.29, 0.717) is 11.4 Å². The van der Waals surface area contributed by atoms with Crippen LogP contribution < -0.4 is 5.46 Å². The van der Waals surface area contributed by atoms with Crippen molar-refractivity contribution in [2.24, 2.45) is 0 Å². The molecule has 2 N–H and O–H groups in total. The van der Waals surface area contributed by atoms with E-state index in [0.717, 1.165) is 5.69 Å². The number of aromatic nitrogens is 1. The van der Waals surface area contributed by atoms with E-state index in [1.54, 1.807) is 12.3 Å².